The first kappa shape index (κ1) is 19.0. The van der Waals surface area contributed by atoms with Crippen molar-refractivity contribution in [3.63, 3.8) is 0 Å². The molecule has 3 rings (SSSR count). The molecule has 0 amide bonds. The third kappa shape index (κ3) is 4.67. The Morgan fingerprint density at radius 1 is 1.23 bits per heavy atom. The fourth-order valence-corrected chi connectivity index (χ4v) is 3.84. The summed E-state index contributed by atoms with van der Waals surface area (Å²) >= 11 is 0. The Hall–Kier alpha value is -1.81. The van der Waals surface area contributed by atoms with E-state index in [2.05, 4.69) is 35.1 Å². The number of H-pyrrole nitrogens is 1. The van der Waals surface area contributed by atoms with E-state index in [9.17, 15) is 4.79 Å². The number of ether oxygens (including phenoxy) is 1. The number of benzene rings is 1. The molecule has 4 nitrogen and oxygen atoms in total. The normalized spacial score (nSPS) is 16.3. The fourth-order valence-electron chi connectivity index (χ4n) is 3.84. The number of likely N-dealkylation sites (N-methyl/N-ethyl adjacent to an activating group) is 1. The van der Waals surface area contributed by atoms with E-state index in [0.29, 0.717) is 5.56 Å². The Bertz CT molecular complexity index is 751. The highest BCUT2D eigenvalue weighted by atomic mass is 16.6. The zero-order chi connectivity index (χ0) is 18.7. The quantitative estimate of drug-likeness (QED) is 0.773. The molecule has 1 aromatic carbocycles. The molecular weight excluding hydrogens is 324 g/mol. The summed E-state index contributed by atoms with van der Waals surface area (Å²) in [6, 6.07) is 7.10. The molecule has 142 valence electrons. The Morgan fingerprint density at radius 2 is 1.96 bits per heavy atom. The van der Waals surface area contributed by atoms with E-state index in [4.69, 9.17) is 4.74 Å². The van der Waals surface area contributed by atoms with Crippen molar-refractivity contribution in [1.82, 2.24) is 9.88 Å². The molecule has 2 aromatic rings. The van der Waals surface area contributed by atoms with Gasteiger partial charge >= 0.3 is 5.97 Å². The fraction of sp³-hybridized carbons (Fsp3) is 0.591. The first-order chi connectivity index (χ1) is 12.3. The molecule has 1 aliphatic rings. The largest absolute Gasteiger partial charge is 0.456 e. The number of rotatable bonds is 5. The predicted octanol–water partition coefficient (Wildman–Crippen LogP) is 4.93. The summed E-state index contributed by atoms with van der Waals surface area (Å²) in [6.45, 7) is 6.74. The lowest BCUT2D eigenvalue weighted by atomic mass is 9.94. The van der Waals surface area contributed by atoms with Crippen LogP contribution < -0.4 is 0 Å². The summed E-state index contributed by atoms with van der Waals surface area (Å²) in [7, 11) is 2.25. The molecule has 1 heterocycles. The van der Waals surface area contributed by atoms with Gasteiger partial charge < -0.3 is 14.6 Å². The van der Waals surface area contributed by atoms with Crippen LogP contribution in [0.5, 0.6) is 0 Å². The van der Waals surface area contributed by atoms with Crippen LogP contribution in [0, 0.1) is 0 Å². The second kappa shape index (κ2) is 7.83. The van der Waals surface area contributed by atoms with Gasteiger partial charge in [0, 0.05) is 29.7 Å². The zero-order valence-corrected chi connectivity index (χ0v) is 16.6. The van der Waals surface area contributed by atoms with E-state index in [-0.39, 0.29) is 5.97 Å². The molecule has 1 saturated carbocycles. The average Bonchev–Trinajstić information content (AvgIpc) is 3.02. The lowest BCUT2D eigenvalue weighted by molar-refractivity contribution is 0.00719. The van der Waals surface area contributed by atoms with Crippen LogP contribution in [0.3, 0.4) is 0 Å². The molecule has 0 bridgehead atoms. The number of nitrogens with zero attached hydrogens (tertiary/aromatic N) is 1. The monoisotopic (exact) mass is 356 g/mol. The van der Waals surface area contributed by atoms with Crippen molar-refractivity contribution >= 4 is 16.9 Å². The highest BCUT2D eigenvalue weighted by Gasteiger charge is 2.21. The highest BCUT2D eigenvalue weighted by Crippen LogP contribution is 2.24. The van der Waals surface area contributed by atoms with Gasteiger partial charge in [0.05, 0.1) is 5.56 Å². The van der Waals surface area contributed by atoms with Crippen molar-refractivity contribution in [1.29, 1.82) is 0 Å². The second-order valence-corrected chi connectivity index (χ2v) is 8.61. The number of fused-ring (bicyclic) bond motifs is 1. The van der Waals surface area contributed by atoms with E-state index < -0.39 is 5.60 Å². The first-order valence-corrected chi connectivity index (χ1v) is 9.87. The molecule has 1 fully saturated rings. The van der Waals surface area contributed by atoms with Crippen LogP contribution >= 0.6 is 0 Å². The first-order valence-electron chi connectivity index (χ1n) is 9.87. The van der Waals surface area contributed by atoms with E-state index in [1.54, 1.807) is 6.20 Å². The number of aromatic nitrogens is 1. The zero-order valence-electron chi connectivity index (χ0n) is 16.6. The van der Waals surface area contributed by atoms with Crippen LogP contribution in [0.2, 0.25) is 0 Å². The number of hydrogen-bond acceptors (Lipinski definition) is 3. The molecule has 26 heavy (non-hydrogen) atoms. The Morgan fingerprint density at radius 3 is 2.65 bits per heavy atom. The number of hydrogen-bond donors (Lipinski definition) is 1. The van der Waals surface area contributed by atoms with E-state index in [0.717, 1.165) is 29.9 Å². The molecule has 0 spiro atoms. The van der Waals surface area contributed by atoms with Crippen molar-refractivity contribution in [2.24, 2.45) is 0 Å². The van der Waals surface area contributed by atoms with Crippen molar-refractivity contribution in [3.8, 4) is 0 Å². The van der Waals surface area contributed by atoms with Crippen LogP contribution in [0.15, 0.2) is 24.4 Å². The van der Waals surface area contributed by atoms with E-state index in [1.165, 1.54) is 37.7 Å². The van der Waals surface area contributed by atoms with E-state index >= 15 is 0 Å². The SMILES string of the molecule is CN(CCc1ccc2[nH]cc(C(=O)OC(C)(C)C)c2c1)C1CCCCC1. The average molecular weight is 357 g/mol. The predicted molar refractivity (Wildman–Crippen MR) is 107 cm³/mol. The molecule has 0 aliphatic heterocycles. The summed E-state index contributed by atoms with van der Waals surface area (Å²) in [6.07, 6.45) is 9.54. The second-order valence-electron chi connectivity index (χ2n) is 8.61. The Labute approximate surface area is 156 Å². The summed E-state index contributed by atoms with van der Waals surface area (Å²) in [5.41, 5.74) is 2.39. The van der Waals surface area contributed by atoms with Crippen molar-refractivity contribution in [2.75, 3.05) is 13.6 Å². The maximum atomic E-state index is 12.5. The van der Waals surface area contributed by atoms with Crippen molar-refractivity contribution in [2.45, 2.75) is 70.9 Å². The number of nitrogens with one attached hydrogen (secondary N) is 1. The summed E-state index contributed by atoms with van der Waals surface area (Å²) in [5, 5.41) is 0.956. The topological polar surface area (TPSA) is 45.3 Å². The highest BCUT2D eigenvalue weighted by molar-refractivity contribution is 6.04. The molecule has 4 heteroatoms. The summed E-state index contributed by atoms with van der Waals surface area (Å²) < 4.78 is 5.54. The lowest BCUT2D eigenvalue weighted by Crippen LogP contribution is -2.34. The van der Waals surface area contributed by atoms with Crippen molar-refractivity contribution < 1.29 is 9.53 Å². The van der Waals surface area contributed by atoms with Gasteiger partial charge in [0.15, 0.2) is 0 Å². The number of carbonyl (C=O) groups excluding carboxylic acids is 1. The molecule has 0 atom stereocenters. The van der Waals surface area contributed by atoms with Gasteiger partial charge in [-0.1, -0.05) is 25.3 Å². The molecule has 0 saturated heterocycles. The Balaban J connectivity index is 1.70. The van der Waals surface area contributed by atoms with E-state index in [1.807, 2.05) is 20.8 Å². The maximum Gasteiger partial charge on any atom is 0.340 e. The standard InChI is InChI=1S/C22H32N2O2/c1-22(2,3)26-21(25)19-15-23-20-11-10-16(14-18(19)20)12-13-24(4)17-8-6-5-7-9-17/h10-11,14-15,17,23H,5-9,12-13H2,1-4H3. The molecular formula is C22H32N2O2. The summed E-state index contributed by atoms with van der Waals surface area (Å²) in [4.78, 5) is 18.2. The van der Waals surface area contributed by atoms with Crippen LogP contribution in [0.4, 0.5) is 0 Å². The molecule has 1 N–H and O–H groups in total. The van der Waals surface area contributed by atoms with Gasteiger partial charge in [-0.25, -0.2) is 4.79 Å². The minimum Gasteiger partial charge on any atom is -0.456 e. The van der Waals surface area contributed by atoms with Gasteiger partial charge in [0.1, 0.15) is 5.60 Å². The van der Waals surface area contributed by atoms with Crippen LogP contribution in [0.25, 0.3) is 10.9 Å². The van der Waals surface area contributed by atoms with Crippen LogP contribution in [-0.2, 0) is 11.2 Å². The smallest absolute Gasteiger partial charge is 0.340 e. The molecule has 0 radical (unpaired) electrons. The minimum atomic E-state index is -0.485. The Kier molecular flexibility index (Phi) is 5.71. The number of esters is 1. The van der Waals surface area contributed by atoms with Crippen LogP contribution in [-0.4, -0.2) is 41.1 Å². The molecule has 0 unspecified atom stereocenters. The summed E-state index contributed by atoms with van der Waals surface area (Å²) in [5.74, 6) is -0.264. The lowest BCUT2D eigenvalue weighted by Gasteiger charge is -2.31. The van der Waals surface area contributed by atoms with Gasteiger partial charge in [-0.3, -0.25) is 0 Å². The third-order valence-electron chi connectivity index (χ3n) is 5.32. The van der Waals surface area contributed by atoms with Gasteiger partial charge in [0.2, 0.25) is 0 Å². The number of aromatic amines is 1. The minimum absolute atomic E-state index is 0.264. The van der Waals surface area contributed by atoms with Crippen molar-refractivity contribution in [3.05, 3.63) is 35.5 Å². The van der Waals surface area contributed by atoms with Gasteiger partial charge in [-0.15, -0.1) is 0 Å². The third-order valence-corrected chi connectivity index (χ3v) is 5.32. The van der Waals surface area contributed by atoms with Crippen LogP contribution in [0.1, 0.15) is 68.8 Å². The van der Waals surface area contributed by atoms with Gasteiger partial charge in [-0.05, 0) is 64.8 Å². The van der Waals surface area contributed by atoms with Gasteiger partial charge in [-0.2, -0.15) is 0 Å². The number of carbonyl (C=O) groups is 1. The molecule has 1 aromatic heterocycles. The maximum absolute atomic E-state index is 12.5. The molecule has 1 aliphatic carbocycles. The van der Waals surface area contributed by atoms with Gasteiger partial charge in [0.25, 0.3) is 0 Å².